The Kier molecular flexibility index (Phi) is 9.13. The fourth-order valence-electron chi connectivity index (χ4n) is 4.34. The van der Waals surface area contributed by atoms with Crippen LogP contribution in [-0.2, 0) is 14.0 Å². The predicted octanol–water partition coefficient (Wildman–Crippen LogP) is 4.49. The van der Waals surface area contributed by atoms with Gasteiger partial charge in [-0.05, 0) is 63.6 Å². The fraction of sp³-hybridized carbons (Fsp3) is 0.750. The summed E-state index contributed by atoms with van der Waals surface area (Å²) in [5, 5.41) is 12.5. The summed E-state index contributed by atoms with van der Waals surface area (Å²) in [6.07, 6.45) is 5.87. The van der Waals surface area contributed by atoms with Gasteiger partial charge in [-0.15, -0.1) is 0 Å². The molecular weight excluding hydrogens is 424 g/mol. The van der Waals surface area contributed by atoms with E-state index in [4.69, 9.17) is 9.16 Å². The first kappa shape index (κ1) is 26.6. The van der Waals surface area contributed by atoms with Gasteiger partial charge in [0.25, 0.3) is 0 Å². The van der Waals surface area contributed by atoms with E-state index in [1.165, 1.54) is 0 Å². The molecule has 1 fully saturated rings. The first-order valence-corrected chi connectivity index (χ1v) is 14.7. The Hall–Kier alpha value is -1.64. The lowest BCUT2D eigenvalue weighted by Gasteiger charge is -2.38. The molecule has 2 amide bonds. The highest BCUT2D eigenvalue weighted by atomic mass is 28.4. The second kappa shape index (κ2) is 11.0. The smallest absolute Gasteiger partial charge is 0.338 e. The maximum absolute atomic E-state index is 12.9. The minimum atomic E-state index is -1.84. The summed E-state index contributed by atoms with van der Waals surface area (Å²) >= 11 is 0. The number of carbonyl (C=O) groups excluding carboxylic acids is 2. The van der Waals surface area contributed by atoms with Gasteiger partial charge in [0.15, 0.2) is 8.32 Å². The van der Waals surface area contributed by atoms with E-state index in [0.29, 0.717) is 30.5 Å². The molecule has 0 aliphatic carbocycles. The molecule has 2 N–H and O–H groups in total. The topological polar surface area (TPSA) is 88.1 Å². The quantitative estimate of drug-likeness (QED) is 0.266. The summed E-state index contributed by atoms with van der Waals surface area (Å²) < 4.78 is 11.8. The van der Waals surface area contributed by atoms with Crippen molar-refractivity contribution in [3.8, 4) is 0 Å². The van der Waals surface area contributed by atoms with E-state index in [2.05, 4.69) is 52.7 Å². The lowest BCUT2D eigenvalue weighted by Crippen LogP contribution is -2.53. The summed E-state index contributed by atoms with van der Waals surface area (Å²) in [7, 11) is -1.84. The Morgan fingerprint density at radius 3 is 2.66 bits per heavy atom. The molecule has 0 aromatic rings. The Labute approximate surface area is 194 Å². The van der Waals surface area contributed by atoms with Crippen molar-refractivity contribution in [3.05, 3.63) is 23.9 Å². The molecule has 0 aromatic carbocycles. The zero-order valence-corrected chi connectivity index (χ0v) is 21.7. The number of urea groups is 1. The third-order valence-electron chi connectivity index (χ3n) is 7.01. The first-order valence-electron chi connectivity index (χ1n) is 11.8. The molecule has 2 heterocycles. The van der Waals surface area contributed by atoms with Crippen LogP contribution in [0.1, 0.15) is 66.2 Å². The molecule has 0 aromatic heterocycles. The standard InChI is InChI=1S/C24H42N2O5Si/c1-8-16-30-22(28)21-19(11-9-10-17(2)31-32(6,7)24(3,4)5)25-23(29)26-18(14-15-27)12-13-20(21)26/h8,17-18,20,27H,1,9-16H2,2-7H3,(H,25,29)/t17-,18-,20+/m0/s1. The molecule has 2 aliphatic heterocycles. The van der Waals surface area contributed by atoms with Gasteiger partial charge in [-0.1, -0.05) is 33.4 Å². The van der Waals surface area contributed by atoms with Gasteiger partial charge in [-0.3, -0.25) is 0 Å². The molecule has 32 heavy (non-hydrogen) atoms. The fourth-order valence-corrected chi connectivity index (χ4v) is 5.82. The maximum Gasteiger partial charge on any atom is 0.338 e. The molecule has 0 radical (unpaired) electrons. The van der Waals surface area contributed by atoms with Crippen LogP contribution < -0.4 is 5.32 Å². The monoisotopic (exact) mass is 466 g/mol. The van der Waals surface area contributed by atoms with Crippen molar-refractivity contribution < 1.29 is 23.9 Å². The summed E-state index contributed by atoms with van der Waals surface area (Å²) in [6.45, 7) is 17.0. The minimum Gasteiger partial charge on any atom is -0.458 e. The number of rotatable bonds is 11. The number of hydrogen-bond donors (Lipinski definition) is 2. The lowest BCUT2D eigenvalue weighted by molar-refractivity contribution is -0.138. The van der Waals surface area contributed by atoms with Crippen molar-refractivity contribution in [2.45, 2.75) is 103 Å². The second-order valence-corrected chi connectivity index (χ2v) is 15.2. The van der Waals surface area contributed by atoms with Crippen molar-refractivity contribution >= 4 is 20.3 Å². The number of fused-ring (bicyclic) bond motifs is 1. The van der Waals surface area contributed by atoms with Crippen LogP contribution in [0.25, 0.3) is 0 Å². The van der Waals surface area contributed by atoms with E-state index in [1.807, 2.05) is 0 Å². The normalized spacial score (nSPS) is 22.5. The highest BCUT2D eigenvalue weighted by molar-refractivity contribution is 6.74. The number of nitrogens with one attached hydrogen (secondary N) is 1. The van der Waals surface area contributed by atoms with Crippen LogP contribution in [0.5, 0.6) is 0 Å². The third-order valence-corrected chi connectivity index (χ3v) is 11.6. The summed E-state index contributed by atoms with van der Waals surface area (Å²) in [5.74, 6) is -0.398. The van der Waals surface area contributed by atoms with Crippen LogP contribution in [0.15, 0.2) is 23.9 Å². The number of allylic oxidation sites excluding steroid dienone is 1. The van der Waals surface area contributed by atoms with E-state index >= 15 is 0 Å². The molecule has 0 spiro atoms. The highest BCUT2D eigenvalue weighted by Crippen LogP contribution is 2.38. The molecule has 182 valence electrons. The van der Waals surface area contributed by atoms with Gasteiger partial charge in [0.2, 0.25) is 0 Å². The van der Waals surface area contributed by atoms with Gasteiger partial charge in [-0.25, -0.2) is 9.59 Å². The molecule has 2 aliphatic rings. The van der Waals surface area contributed by atoms with Crippen LogP contribution in [0.3, 0.4) is 0 Å². The van der Waals surface area contributed by atoms with E-state index in [-0.39, 0.29) is 42.5 Å². The maximum atomic E-state index is 12.9. The average Bonchev–Trinajstić information content (AvgIpc) is 3.09. The molecule has 2 rings (SSSR count). The van der Waals surface area contributed by atoms with Gasteiger partial charge in [0, 0.05) is 24.4 Å². The number of hydrogen-bond acceptors (Lipinski definition) is 5. The van der Waals surface area contributed by atoms with Crippen molar-refractivity contribution in [1.82, 2.24) is 10.2 Å². The third kappa shape index (κ3) is 6.23. The summed E-state index contributed by atoms with van der Waals surface area (Å²) in [4.78, 5) is 27.5. The molecule has 0 unspecified atom stereocenters. The zero-order valence-electron chi connectivity index (χ0n) is 20.7. The van der Waals surface area contributed by atoms with Crippen LogP contribution in [0.2, 0.25) is 18.1 Å². The Morgan fingerprint density at radius 1 is 1.38 bits per heavy atom. The van der Waals surface area contributed by atoms with Crippen molar-refractivity contribution in [3.63, 3.8) is 0 Å². The van der Waals surface area contributed by atoms with Crippen LogP contribution in [0, 0.1) is 0 Å². The van der Waals surface area contributed by atoms with Gasteiger partial charge < -0.3 is 24.5 Å². The number of ether oxygens (including phenoxy) is 1. The van der Waals surface area contributed by atoms with Crippen molar-refractivity contribution in [1.29, 1.82) is 0 Å². The Balaban J connectivity index is 2.13. The molecule has 1 saturated heterocycles. The van der Waals surface area contributed by atoms with Crippen LogP contribution in [-0.4, -0.2) is 61.7 Å². The number of aliphatic hydroxyl groups is 1. The van der Waals surface area contributed by atoms with Crippen LogP contribution >= 0.6 is 0 Å². The summed E-state index contributed by atoms with van der Waals surface area (Å²) in [5.41, 5.74) is 1.21. The van der Waals surface area contributed by atoms with E-state index in [9.17, 15) is 14.7 Å². The molecular formula is C24H42N2O5Si. The largest absolute Gasteiger partial charge is 0.458 e. The lowest BCUT2D eigenvalue weighted by atomic mass is 9.97. The van der Waals surface area contributed by atoms with Crippen LogP contribution in [0.4, 0.5) is 4.79 Å². The number of carbonyl (C=O) groups is 2. The van der Waals surface area contributed by atoms with Crippen molar-refractivity contribution in [2.24, 2.45) is 0 Å². The predicted molar refractivity (Wildman–Crippen MR) is 129 cm³/mol. The van der Waals surface area contributed by atoms with E-state index < -0.39 is 14.3 Å². The SMILES string of the molecule is C=CCOC(=O)C1=C(CCC[C@H](C)O[Si](C)(C)C(C)(C)C)NC(=O)N2[C@H](CCO)CC[C@H]12. The Bertz CT molecular complexity index is 728. The van der Waals surface area contributed by atoms with E-state index in [1.54, 1.807) is 11.0 Å². The number of nitrogens with zero attached hydrogens (tertiary/aromatic N) is 1. The first-order chi connectivity index (χ1) is 14.9. The summed E-state index contributed by atoms with van der Waals surface area (Å²) in [6, 6.07) is -0.549. The minimum absolute atomic E-state index is 0.0140. The molecule has 7 nitrogen and oxygen atoms in total. The zero-order chi connectivity index (χ0) is 24.1. The van der Waals surface area contributed by atoms with Gasteiger partial charge >= 0.3 is 12.0 Å². The molecule has 0 bridgehead atoms. The van der Waals surface area contributed by atoms with E-state index in [0.717, 1.165) is 19.3 Å². The number of aliphatic hydroxyl groups excluding tert-OH is 1. The van der Waals surface area contributed by atoms with Gasteiger partial charge in [-0.2, -0.15) is 0 Å². The second-order valence-electron chi connectivity index (χ2n) is 10.5. The molecule has 8 heteroatoms. The number of esters is 1. The highest BCUT2D eigenvalue weighted by Gasteiger charge is 2.45. The van der Waals surface area contributed by atoms with Crippen molar-refractivity contribution in [2.75, 3.05) is 13.2 Å². The number of amides is 2. The van der Waals surface area contributed by atoms with Gasteiger partial charge in [0.1, 0.15) is 6.61 Å². The molecule has 3 atom stereocenters. The Morgan fingerprint density at radius 2 is 2.06 bits per heavy atom. The van der Waals surface area contributed by atoms with Gasteiger partial charge in [0.05, 0.1) is 11.6 Å². The molecule has 0 saturated carbocycles. The average molecular weight is 467 g/mol.